The molecule has 5 nitrogen and oxygen atoms in total. The van der Waals surface area contributed by atoms with E-state index in [-0.39, 0.29) is 24.5 Å². The molecule has 0 aromatic heterocycles. The molecule has 0 aliphatic carbocycles. The van der Waals surface area contributed by atoms with Crippen LogP contribution in [0.5, 0.6) is 0 Å². The highest BCUT2D eigenvalue weighted by Gasteiger charge is 2.31. The lowest BCUT2D eigenvalue weighted by Gasteiger charge is -2.33. The Morgan fingerprint density at radius 3 is 2.67 bits per heavy atom. The van der Waals surface area contributed by atoms with Gasteiger partial charge in [-0.3, -0.25) is 4.79 Å². The minimum Gasteiger partial charge on any atom is -0.462 e. The molecule has 0 N–H and O–H groups in total. The van der Waals surface area contributed by atoms with Crippen LogP contribution in [0.25, 0.3) is 0 Å². The molecule has 0 aromatic carbocycles. The highest BCUT2D eigenvalue weighted by atomic mass is 16.7. The number of ether oxygens (including phenoxy) is 4. The van der Waals surface area contributed by atoms with Gasteiger partial charge >= 0.3 is 5.97 Å². The molecule has 1 aliphatic rings. The zero-order valence-electron chi connectivity index (χ0n) is 9.39. The molecule has 0 aromatic rings. The first-order valence-electron chi connectivity index (χ1n) is 5.00. The molecule has 3 atom stereocenters. The summed E-state index contributed by atoms with van der Waals surface area (Å²) in [5.74, 6) is -0.270. The fourth-order valence-corrected chi connectivity index (χ4v) is 1.71. The molecular weight excluding hydrogens is 200 g/mol. The van der Waals surface area contributed by atoms with Gasteiger partial charge in [-0.25, -0.2) is 0 Å². The maximum Gasteiger partial charge on any atom is 0.302 e. The van der Waals surface area contributed by atoms with Gasteiger partial charge in [0.1, 0.15) is 6.10 Å². The van der Waals surface area contributed by atoms with Crippen LogP contribution in [0.4, 0.5) is 0 Å². The van der Waals surface area contributed by atoms with Crippen LogP contribution in [0.2, 0.25) is 0 Å². The summed E-state index contributed by atoms with van der Waals surface area (Å²) in [6.07, 6.45) is 0.714. The van der Waals surface area contributed by atoms with Crippen molar-refractivity contribution in [3.8, 4) is 0 Å². The van der Waals surface area contributed by atoms with Crippen molar-refractivity contribution < 1.29 is 23.7 Å². The van der Waals surface area contributed by atoms with Gasteiger partial charge in [-0.05, 0) is 0 Å². The molecule has 1 aliphatic heterocycles. The molecule has 1 rings (SSSR count). The highest BCUT2D eigenvalue weighted by molar-refractivity contribution is 5.66. The Balaban J connectivity index is 2.46. The maximum absolute atomic E-state index is 10.8. The molecule has 15 heavy (non-hydrogen) atoms. The average Bonchev–Trinajstić information content (AvgIpc) is 2.16. The van der Waals surface area contributed by atoms with E-state index >= 15 is 0 Å². The summed E-state index contributed by atoms with van der Waals surface area (Å²) >= 11 is 0. The van der Waals surface area contributed by atoms with Gasteiger partial charge in [-0.15, -0.1) is 0 Å². The molecule has 0 amide bonds. The lowest BCUT2D eigenvalue weighted by molar-refractivity contribution is -0.218. The summed E-state index contributed by atoms with van der Waals surface area (Å²) in [7, 11) is 3.19. The molecule has 0 spiro atoms. The quantitative estimate of drug-likeness (QED) is 0.651. The Bertz CT molecular complexity index is 206. The first kappa shape index (κ1) is 12.4. The summed E-state index contributed by atoms with van der Waals surface area (Å²) in [5, 5.41) is 0. The third kappa shape index (κ3) is 4.15. The Labute approximate surface area is 89.6 Å². The molecule has 1 fully saturated rings. The second kappa shape index (κ2) is 6.05. The van der Waals surface area contributed by atoms with E-state index in [0.29, 0.717) is 19.4 Å². The van der Waals surface area contributed by atoms with Gasteiger partial charge in [0, 0.05) is 34.0 Å². The van der Waals surface area contributed by atoms with Crippen molar-refractivity contribution in [2.24, 2.45) is 0 Å². The Morgan fingerprint density at radius 1 is 1.40 bits per heavy atom. The van der Waals surface area contributed by atoms with Gasteiger partial charge in [0.2, 0.25) is 0 Å². The lowest BCUT2D eigenvalue weighted by Crippen LogP contribution is -2.40. The monoisotopic (exact) mass is 218 g/mol. The van der Waals surface area contributed by atoms with Gasteiger partial charge in [0.05, 0.1) is 12.7 Å². The number of carbonyl (C=O) groups excluding carboxylic acids is 1. The normalized spacial score (nSPS) is 31.3. The van der Waals surface area contributed by atoms with Crippen LogP contribution in [0.3, 0.4) is 0 Å². The predicted octanol–water partition coefficient (Wildman–Crippen LogP) is 0.716. The molecular formula is C10H18O5. The molecule has 0 unspecified atom stereocenters. The molecule has 5 heteroatoms. The lowest BCUT2D eigenvalue weighted by atomic mass is 10.1. The van der Waals surface area contributed by atoms with Crippen LogP contribution in [0.1, 0.15) is 19.8 Å². The van der Waals surface area contributed by atoms with E-state index in [1.165, 1.54) is 6.92 Å². The Morgan fingerprint density at radius 2 is 2.13 bits per heavy atom. The average molecular weight is 218 g/mol. The van der Waals surface area contributed by atoms with Crippen LogP contribution in [0, 0.1) is 0 Å². The fourth-order valence-electron chi connectivity index (χ4n) is 1.71. The Kier molecular flexibility index (Phi) is 5.01. The molecule has 0 saturated carbocycles. The summed E-state index contributed by atoms with van der Waals surface area (Å²) in [5.41, 5.74) is 0. The number of hydrogen-bond acceptors (Lipinski definition) is 5. The van der Waals surface area contributed by atoms with Crippen LogP contribution < -0.4 is 0 Å². The third-order valence-corrected chi connectivity index (χ3v) is 2.27. The summed E-state index contributed by atoms with van der Waals surface area (Å²) in [4.78, 5) is 10.8. The maximum atomic E-state index is 10.8. The number of methoxy groups -OCH3 is 2. The minimum absolute atomic E-state index is 0.0713. The summed E-state index contributed by atoms with van der Waals surface area (Å²) < 4.78 is 20.8. The van der Waals surface area contributed by atoms with Gasteiger partial charge in [0.25, 0.3) is 0 Å². The van der Waals surface area contributed by atoms with Crippen molar-refractivity contribution >= 4 is 5.97 Å². The molecule has 0 bridgehead atoms. The SMILES string of the molecule is COC[C@@H]1C[C@H](OC(C)=O)C[C@H](OC)O1. The van der Waals surface area contributed by atoms with Crippen LogP contribution in [-0.2, 0) is 23.7 Å². The van der Waals surface area contributed by atoms with E-state index in [4.69, 9.17) is 18.9 Å². The Hall–Kier alpha value is -0.650. The van der Waals surface area contributed by atoms with E-state index in [9.17, 15) is 4.79 Å². The number of hydrogen-bond donors (Lipinski definition) is 0. The second-order valence-corrected chi connectivity index (χ2v) is 3.58. The van der Waals surface area contributed by atoms with Crippen molar-refractivity contribution in [3.05, 3.63) is 0 Å². The summed E-state index contributed by atoms with van der Waals surface area (Å²) in [6, 6.07) is 0. The molecule has 1 saturated heterocycles. The van der Waals surface area contributed by atoms with E-state index in [1.54, 1.807) is 14.2 Å². The topological polar surface area (TPSA) is 54.0 Å². The van der Waals surface area contributed by atoms with Crippen molar-refractivity contribution in [2.75, 3.05) is 20.8 Å². The van der Waals surface area contributed by atoms with Crippen LogP contribution >= 0.6 is 0 Å². The minimum atomic E-state index is -0.316. The molecule has 0 radical (unpaired) electrons. The van der Waals surface area contributed by atoms with E-state index < -0.39 is 0 Å². The molecule has 88 valence electrons. The number of esters is 1. The van der Waals surface area contributed by atoms with Crippen molar-refractivity contribution in [1.29, 1.82) is 0 Å². The van der Waals surface area contributed by atoms with Crippen molar-refractivity contribution in [3.63, 3.8) is 0 Å². The van der Waals surface area contributed by atoms with E-state index in [0.717, 1.165) is 0 Å². The van der Waals surface area contributed by atoms with Gasteiger partial charge in [0.15, 0.2) is 6.29 Å². The first-order chi connectivity index (χ1) is 7.15. The van der Waals surface area contributed by atoms with Crippen LogP contribution in [0.15, 0.2) is 0 Å². The van der Waals surface area contributed by atoms with Gasteiger partial charge in [-0.2, -0.15) is 0 Å². The van der Waals surface area contributed by atoms with Crippen molar-refractivity contribution in [1.82, 2.24) is 0 Å². The third-order valence-electron chi connectivity index (χ3n) is 2.27. The standard InChI is InChI=1S/C10H18O5/c1-7(11)14-8-4-9(6-12-2)15-10(5-8)13-3/h8-10H,4-6H2,1-3H3/t8-,9-,10+/m0/s1. The van der Waals surface area contributed by atoms with Gasteiger partial charge in [-0.1, -0.05) is 0 Å². The highest BCUT2D eigenvalue weighted by Crippen LogP contribution is 2.22. The molecule has 1 heterocycles. The number of rotatable bonds is 4. The predicted molar refractivity (Wildman–Crippen MR) is 52.3 cm³/mol. The van der Waals surface area contributed by atoms with E-state index in [2.05, 4.69) is 0 Å². The fraction of sp³-hybridized carbons (Fsp3) is 0.900. The zero-order valence-corrected chi connectivity index (χ0v) is 9.39. The summed E-state index contributed by atoms with van der Waals surface area (Å²) in [6.45, 7) is 1.89. The van der Waals surface area contributed by atoms with Crippen LogP contribution in [-0.4, -0.2) is 45.3 Å². The van der Waals surface area contributed by atoms with Gasteiger partial charge < -0.3 is 18.9 Å². The zero-order chi connectivity index (χ0) is 11.3. The van der Waals surface area contributed by atoms with E-state index in [1.807, 2.05) is 0 Å². The second-order valence-electron chi connectivity index (χ2n) is 3.58. The largest absolute Gasteiger partial charge is 0.462 e. The first-order valence-corrected chi connectivity index (χ1v) is 5.00. The smallest absolute Gasteiger partial charge is 0.302 e. The van der Waals surface area contributed by atoms with Crippen molar-refractivity contribution in [2.45, 2.75) is 38.3 Å². The number of carbonyl (C=O) groups is 1.